The van der Waals surface area contributed by atoms with Crippen LogP contribution in [0.3, 0.4) is 0 Å². The first-order chi connectivity index (χ1) is 12.8. The number of methoxy groups -OCH3 is 1. The van der Waals surface area contributed by atoms with Gasteiger partial charge in [-0.25, -0.2) is 0 Å². The summed E-state index contributed by atoms with van der Waals surface area (Å²) in [6, 6.07) is 9.87. The second-order valence-corrected chi connectivity index (χ2v) is 5.93. The van der Waals surface area contributed by atoms with Crippen LogP contribution in [0.1, 0.15) is 16.7 Å². The van der Waals surface area contributed by atoms with Gasteiger partial charge in [0, 0.05) is 11.6 Å². The van der Waals surface area contributed by atoms with E-state index in [1.165, 1.54) is 19.2 Å². The maximum Gasteiger partial charge on any atom is 0.310 e. The van der Waals surface area contributed by atoms with E-state index >= 15 is 0 Å². The number of para-hydroxylation sites is 1. The number of hydrogen-bond acceptors (Lipinski definition) is 6. The molecule has 0 aromatic heterocycles. The van der Waals surface area contributed by atoms with Crippen LogP contribution in [0, 0.1) is 24.0 Å². The lowest BCUT2D eigenvalue weighted by Crippen LogP contribution is -2.22. The van der Waals surface area contributed by atoms with Crippen molar-refractivity contribution in [1.29, 1.82) is 0 Å². The molecule has 0 aliphatic heterocycles. The third kappa shape index (κ3) is 5.27. The third-order valence-electron chi connectivity index (χ3n) is 3.85. The molecule has 0 saturated heterocycles. The Morgan fingerprint density at radius 3 is 2.59 bits per heavy atom. The van der Waals surface area contributed by atoms with Crippen molar-refractivity contribution in [3.8, 4) is 5.75 Å². The highest BCUT2D eigenvalue weighted by Crippen LogP contribution is 2.27. The number of nitro benzene ring substituents is 1. The van der Waals surface area contributed by atoms with Crippen molar-refractivity contribution >= 4 is 23.3 Å². The lowest BCUT2D eigenvalue weighted by atomic mass is 10.1. The highest BCUT2D eigenvalue weighted by Gasteiger charge is 2.19. The first kappa shape index (κ1) is 19.9. The van der Waals surface area contributed by atoms with E-state index in [9.17, 15) is 19.7 Å². The zero-order valence-electron chi connectivity index (χ0n) is 15.3. The molecule has 8 nitrogen and oxygen atoms in total. The summed E-state index contributed by atoms with van der Waals surface area (Å²) in [4.78, 5) is 34.5. The van der Waals surface area contributed by atoms with E-state index in [2.05, 4.69) is 5.32 Å². The molecule has 0 unspecified atom stereocenters. The number of nitro groups is 1. The summed E-state index contributed by atoms with van der Waals surface area (Å²) < 4.78 is 10.2. The Morgan fingerprint density at radius 1 is 1.19 bits per heavy atom. The quantitative estimate of drug-likeness (QED) is 0.455. The van der Waals surface area contributed by atoms with Gasteiger partial charge in [0.2, 0.25) is 0 Å². The molecule has 2 aromatic carbocycles. The van der Waals surface area contributed by atoms with Crippen LogP contribution >= 0.6 is 0 Å². The van der Waals surface area contributed by atoms with E-state index in [4.69, 9.17) is 9.47 Å². The smallest absolute Gasteiger partial charge is 0.310 e. The van der Waals surface area contributed by atoms with Gasteiger partial charge in [0.05, 0.1) is 18.5 Å². The molecular weight excluding hydrogens is 352 g/mol. The molecule has 0 radical (unpaired) electrons. The van der Waals surface area contributed by atoms with E-state index in [0.29, 0.717) is 16.9 Å². The Morgan fingerprint density at radius 2 is 1.93 bits per heavy atom. The molecule has 142 valence electrons. The summed E-state index contributed by atoms with van der Waals surface area (Å²) in [5, 5.41) is 13.5. The topological polar surface area (TPSA) is 108 Å². The van der Waals surface area contributed by atoms with Crippen molar-refractivity contribution in [3.05, 3.63) is 63.2 Å². The van der Waals surface area contributed by atoms with Crippen LogP contribution in [0.25, 0.3) is 0 Å². The number of esters is 1. The fraction of sp³-hybridized carbons (Fsp3) is 0.263. The lowest BCUT2D eigenvalue weighted by molar-refractivity contribution is -0.384. The fourth-order valence-corrected chi connectivity index (χ4v) is 2.54. The summed E-state index contributed by atoms with van der Waals surface area (Å²) in [7, 11) is 1.50. The number of nitrogens with one attached hydrogen (secondary N) is 1. The molecule has 0 saturated carbocycles. The SMILES string of the molecule is COc1ccc(C)cc1CC(=O)OCC(=O)Nc1c(C)cccc1[N+](=O)[O-]. The zero-order chi connectivity index (χ0) is 20.0. The molecule has 1 N–H and O–H groups in total. The van der Waals surface area contributed by atoms with Crippen molar-refractivity contribution < 1.29 is 24.0 Å². The molecule has 2 aromatic rings. The average Bonchev–Trinajstić information content (AvgIpc) is 2.61. The van der Waals surface area contributed by atoms with E-state index in [1.807, 2.05) is 13.0 Å². The van der Waals surface area contributed by atoms with Gasteiger partial charge in [-0.05, 0) is 25.5 Å². The van der Waals surface area contributed by atoms with Crippen molar-refractivity contribution in [2.45, 2.75) is 20.3 Å². The van der Waals surface area contributed by atoms with Crippen molar-refractivity contribution in [1.82, 2.24) is 0 Å². The largest absolute Gasteiger partial charge is 0.496 e. The molecule has 8 heteroatoms. The number of ether oxygens (including phenoxy) is 2. The normalized spacial score (nSPS) is 10.2. The van der Waals surface area contributed by atoms with Gasteiger partial charge in [-0.2, -0.15) is 0 Å². The molecular formula is C19H20N2O6. The predicted molar refractivity (Wildman–Crippen MR) is 98.9 cm³/mol. The summed E-state index contributed by atoms with van der Waals surface area (Å²) in [6.07, 6.45) is -0.0529. The van der Waals surface area contributed by atoms with Crippen molar-refractivity contribution in [2.24, 2.45) is 0 Å². The van der Waals surface area contributed by atoms with Gasteiger partial charge >= 0.3 is 5.97 Å². The molecule has 0 heterocycles. The van der Waals surface area contributed by atoms with Gasteiger partial charge < -0.3 is 14.8 Å². The molecule has 1 amide bonds. The Balaban J connectivity index is 1.98. The fourth-order valence-electron chi connectivity index (χ4n) is 2.54. The maximum absolute atomic E-state index is 12.0. The third-order valence-corrected chi connectivity index (χ3v) is 3.85. The maximum atomic E-state index is 12.0. The van der Waals surface area contributed by atoms with Gasteiger partial charge in [0.15, 0.2) is 6.61 Å². The Labute approximate surface area is 156 Å². The summed E-state index contributed by atoms with van der Waals surface area (Å²) in [5.41, 5.74) is 2.01. The molecule has 0 aliphatic carbocycles. The minimum absolute atomic E-state index is 0.0529. The van der Waals surface area contributed by atoms with Gasteiger partial charge in [0.25, 0.3) is 11.6 Å². The monoisotopic (exact) mass is 372 g/mol. The number of amides is 1. The highest BCUT2D eigenvalue weighted by atomic mass is 16.6. The Bertz CT molecular complexity index is 878. The van der Waals surface area contributed by atoms with E-state index < -0.39 is 23.4 Å². The minimum atomic E-state index is -0.656. The van der Waals surface area contributed by atoms with E-state index in [1.54, 1.807) is 25.1 Å². The van der Waals surface area contributed by atoms with Crippen LogP contribution < -0.4 is 10.1 Å². The lowest BCUT2D eigenvalue weighted by Gasteiger charge is -2.11. The number of aryl methyl sites for hydroxylation is 2. The number of carbonyl (C=O) groups excluding carboxylic acids is 2. The summed E-state index contributed by atoms with van der Waals surface area (Å²) in [6.45, 7) is 2.98. The van der Waals surface area contributed by atoms with Crippen LogP contribution in [0.2, 0.25) is 0 Å². The van der Waals surface area contributed by atoms with Crippen molar-refractivity contribution in [3.63, 3.8) is 0 Å². The number of hydrogen-bond donors (Lipinski definition) is 1. The van der Waals surface area contributed by atoms with E-state index in [0.717, 1.165) is 5.56 Å². The molecule has 0 aliphatic rings. The van der Waals surface area contributed by atoms with Crippen LogP contribution in [0.4, 0.5) is 11.4 Å². The van der Waals surface area contributed by atoms with Gasteiger partial charge in [-0.1, -0.05) is 29.8 Å². The Kier molecular flexibility index (Phi) is 6.48. The molecule has 0 bridgehead atoms. The van der Waals surface area contributed by atoms with Gasteiger partial charge in [-0.15, -0.1) is 0 Å². The second-order valence-electron chi connectivity index (χ2n) is 5.93. The molecule has 0 atom stereocenters. The van der Waals surface area contributed by atoms with Crippen LogP contribution in [-0.2, 0) is 20.7 Å². The first-order valence-electron chi connectivity index (χ1n) is 8.14. The van der Waals surface area contributed by atoms with E-state index in [-0.39, 0.29) is 17.8 Å². The molecule has 27 heavy (non-hydrogen) atoms. The van der Waals surface area contributed by atoms with Crippen LogP contribution in [-0.4, -0.2) is 30.5 Å². The zero-order valence-corrected chi connectivity index (χ0v) is 15.3. The molecule has 2 rings (SSSR count). The number of anilines is 1. The van der Waals surface area contributed by atoms with Gasteiger partial charge in [-0.3, -0.25) is 19.7 Å². The summed E-state index contributed by atoms with van der Waals surface area (Å²) in [5.74, 6) is -0.706. The highest BCUT2D eigenvalue weighted by molar-refractivity contribution is 5.95. The number of carbonyl (C=O) groups is 2. The van der Waals surface area contributed by atoms with Crippen molar-refractivity contribution in [2.75, 3.05) is 19.0 Å². The number of benzene rings is 2. The number of nitrogens with zero attached hydrogens (tertiary/aromatic N) is 1. The average molecular weight is 372 g/mol. The predicted octanol–water partition coefficient (Wildman–Crippen LogP) is 2.94. The standard InChI is InChI=1S/C19H20N2O6/c1-12-7-8-16(26-3)14(9-12)10-18(23)27-11-17(22)20-19-13(2)5-4-6-15(19)21(24)25/h4-9H,10-11H2,1-3H3,(H,20,22). The second kappa shape index (κ2) is 8.79. The minimum Gasteiger partial charge on any atom is -0.496 e. The van der Waals surface area contributed by atoms with Crippen LogP contribution in [0.15, 0.2) is 36.4 Å². The molecule has 0 spiro atoms. The molecule has 0 fully saturated rings. The first-order valence-corrected chi connectivity index (χ1v) is 8.14. The number of rotatable bonds is 7. The Hall–Kier alpha value is -3.42. The summed E-state index contributed by atoms with van der Waals surface area (Å²) >= 11 is 0. The van der Waals surface area contributed by atoms with Crippen LogP contribution in [0.5, 0.6) is 5.75 Å². The van der Waals surface area contributed by atoms with Gasteiger partial charge in [0.1, 0.15) is 11.4 Å².